The lowest BCUT2D eigenvalue weighted by atomic mass is 10.0. The quantitative estimate of drug-likeness (QED) is 0.789. The topological polar surface area (TPSA) is 50.9 Å². The summed E-state index contributed by atoms with van der Waals surface area (Å²) in [5.41, 5.74) is 9.65. The summed E-state index contributed by atoms with van der Waals surface area (Å²) in [4.78, 5) is 5.76. The fraction of sp³-hybridized carbons (Fsp3) is 0.250. The number of nitrogens with two attached hydrogens (primary N) is 1. The molecule has 16 heavy (non-hydrogen) atoms. The molecule has 3 heterocycles. The zero-order chi connectivity index (χ0) is 11.0. The second-order valence-electron chi connectivity index (χ2n) is 3.88. The standard InChI is InChI=1S/C12H13N3S/c13-12-11(9-3-1-2-5-15-9)8-4-6-14-7-10(8)16-12/h1-3,5,14H,4,6-7,13H2. The molecule has 2 aromatic rings. The molecule has 82 valence electrons. The van der Waals surface area contributed by atoms with Crippen LogP contribution in [0.25, 0.3) is 11.3 Å². The van der Waals surface area contributed by atoms with E-state index in [1.54, 1.807) is 11.3 Å². The van der Waals surface area contributed by atoms with Crippen LogP contribution in [-0.4, -0.2) is 11.5 Å². The SMILES string of the molecule is Nc1sc2c(c1-c1ccccn1)CCNC2. The highest BCUT2D eigenvalue weighted by Crippen LogP contribution is 2.39. The maximum absolute atomic E-state index is 6.10. The van der Waals surface area contributed by atoms with Crippen molar-refractivity contribution in [2.45, 2.75) is 13.0 Å². The third-order valence-electron chi connectivity index (χ3n) is 2.88. The minimum absolute atomic E-state index is 0.896. The van der Waals surface area contributed by atoms with Gasteiger partial charge in [-0.3, -0.25) is 4.98 Å². The van der Waals surface area contributed by atoms with Crippen molar-refractivity contribution < 1.29 is 0 Å². The van der Waals surface area contributed by atoms with Gasteiger partial charge in [-0.05, 0) is 30.7 Å². The number of aromatic nitrogens is 1. The van der Waals surface area contributed by atoms with Gasteiger partial charge in [-0.25, -0.2) is 0 Å². The summed E-state index contributed by atoms with van der Waals surface area (Å²) in [5.74, 6) is 0. The number of fused-ring (bicyclic) bond motifs is 1. The highest BCUT2D eigenvalue weighted by molar-refractivity contribution is 7.16. The first kappa shape index (κ1) is 9.81. The highest BCUT2D eigenvalue weighted by Gasteiger charge is 2.20. The molecule has 0 bridgehead atoms. The van der Waals surface area contributed by atoms with Gasteiger partial charge in [-0.2, -0.15) is 0 Å². The lowest BCUT2D eigenvalue weighted by Gasteiger charge is -2.13. The number of nitrogens with zero attached hydrogens (tertiary/aromatic N) is 1. The van der Waals surface area contributed by atoms with Crippen molar-refractivity contribution >= 4 is 16.3 Å². The Balaban J connectivity index is 2.17. The molecule has 0 amide bonds. The first-order chi connectivity index (χ1) is 7.86. The van der Waals surface area contributed by atoms with Gasteiger partial charge in [0.15, 0.2) is 0 Å². The number of nitrogen functional groups attached to an aromatic ring is 1. The molecule has 0 aliphatic carbocycles. The number of nitrogens with one attached hydrogen (secondary N) is 1. The fourth-order valence-corrected chi connectivity index (χ4v) is 3.24. The van der Waals surface area contributed by atoms with E-state index in [-0.39, 0.29) is 0 Å². The summed E-state index contributed by atoms with van der Waals surface area (Å²) >= 11 is 1.69. The van der Waals surface area contributed by atoms with Gasteiger partial charge in [0.1, 0.15) is 0 Å². The molecule has 0 aromatic carbocycles. The average molecular weight is 231 g/mol. The van der Waals surface area contributed by atoms with E-state index in [2.05, 4.69) is 10.3 Å². The third-order valence-corrected chi connectivity index (χ3v) is 3.94. The molecule has 0 saturated carbocycles. The summed E-state index contributed by atoms with van der Waals surface area (Å²) in [6.45, 7) is 1.97. The molecule has 0 fully saturated rings. The van der Waals surface area contributed by atoms with Crippen molar-refractivity contribution in [2.75, 3.05) is 12.3 Å². The number of anilines is 1. The summed E-state index contributed by atoms with van der Waals surface area (Å²) < 4.78 is 0. The maximum atomic E-state index is 6.10. The number of thiophene rings is 1. The van der Waals surface area contributed by atoms with Crippen LogP contribution in [0.3, 0.4) is 0 Å². The molecule has 0 atom stereocenters. The van der Waals surface area contributed by atoms with Crippen LogP contribution >= 0.6 is 11.3 Å². The Kier molecular flexibility index (Phi) is 2.38. The third kappa shape index (κ3) is 1.50. The zero-order valence-corrected chi connectivity index (χ0v) is 9.68. The first-order valence-electron chi connectivity index (χ1n) is 5.38. The van der Waals surface area contributed by atoms with Crippen LogP contribution in [0.1, 0.15) is 10.4 Å². The van der Waals surface area contributed by atoms with Crippen molar-refractivity contribution in [2.24, 2.45) is 0 Å². The van der Waals surface area contributed by atoms with Crippen LogP contribution in [0.4, 0.5) is 5.00 Å². The van der Waals surface area contributed by atoms with E-state index in [4.69, 9.17) is 5.73 Å². The lowest BCUT2D eigenvalue weighted by molar-refractivity contribution is 0.655. The Hall–Kier alpha value is -1.39. The maximum Gasteiger partial charge on any atom is 0.0958 e. The summed E-state index contributed by atoms with van der Waals surface area (Å²) in [6, 6.07) is 5.97. The molecule has 0 unspecified atom stereocenters. The van der Waals surface area contributed by atoms with E-state index in [9.17, 15) is 0 Å². The van der Waals surface area contributed by atoms with Crippen LogP contribution in [-0.2, 0) is 13.0 Å². The van der Waals surface area contributed by atoms with E-state index in [1.807, 2.05) is 24.4 Å². The van der Waals surface area contributed by atoms with Crippen molar-refractivity contribution in [1.82, 2.24) is 10.3 Å². The molecule has 2 aromatic heterocycles. The van der Waals surface area contributed by atoms with E-state index in [1.165, 1.54) is 10.4 Å². The van der Waals surface area contributed by atoms with Crippen LogP contribution in [0.2, 0.25) is 0 Å². The van der Waals surface area contributed by atoms with Crippen LogP contribution in [0.15, 0.2) is 24.4 Å². The Morgan fingerprint density at radius 1 is 1.38 bits per heavy atom. The van der Waals surface area contributed by atoms with Gasteiger partial charge >= 0.3 is 0 Å². The molecular weight excluding hydrogens is 218 g/mol. The van der Waals surface area contributed by atoms with Gasteiger partial charge < -0.3 is 11.1 Å². The predicted molar refractivity (Wildman–Crippen MR) is 67.4 cm³/mol. The Bertz CT molecular complexity index is 504. The van der Waals surface area contributed by atoms with Crippen LogP contribution in [0, 0.1) is 0 Å². The first-order valence-corrected chi connectivity index (χ1v) is 6.20. The summed E-state index contributed by atoms with van der Waals surface area (Å²) in [5, 5.41) is 4.26. The van der Waals surface area contributed by atoms with Gasteiger partial charge in [0.05, 0.1) is 10.7 Å². The average Bonchev–Trinajstić information content (AvgIpc) is 2.66. The minimum Gasteiger partial charge on any atom is -0.390 e. The smallest absolute Gasteiger partial charge is 0.0958 e. The van der Waals surface area contributed by atoms with Crippen molar-refractivity contribution in [3.63, 3.8) is 0 Å². The molecule has 4 heteroatoms. The van der Waals surface area contributed by atoms with Crippen LogP contribution in [0.5, 0.6) is 0 Å². The highest BCUT2D eigenvalue weighted by atomic mass is 32.1. The molecule has 0 spiro atoms. The van der Waals surface area contributed by atoms with Crippen molar-refractivity contribution in [3.05, 3.63) is 34.8 Å². The summed E-state index contributed by atoms with van der Waals surface area (Å²) in [6.07, 6.45) is 2.87. The fourth-order valence-electron chi connectivity index (χ4n) is 2.15. The number of hydrogen-bond donors (Lipinski definition) is 2. The number of pyridine rings is 1. The van der Waals surface area contributed by atoms with Gasteiger partial charge in [-0.15, -0.1) is 11.3 Å². The van der Waals surface area contributed by atoms with E-state index in [0.29, 0.717) is 0 Å². The van der Waals surface area contributed by atoms with Gasteiger partial charge in [0.2, 0.25) is 0 Å². The number of rotatable bonds is 1. The molecule has 1 aliphatic rings. The van der Waals surface area contributed by atoms with Gasteiger partial charge in [0, 0.05) is 23.2 Å². The van der Waals surface area contributed by atoms with E-state index >= 15 is 0 Å². The molecule has 1 aliphatic heterocycles. The Morgan fingerprint density at radius 3 is 3.12 bits per heavy atom. The lowest BCUT2D eigenvalue weighted by Crippen LogP contribution is -2.22. The van der Waals surface area contributed by atoms with Gasteiger partial charge in [-0.1, -0.05) is 6.07 Å². The second-order valence-corrected chi connectivity index (χ2v) is 5.02. The van der Waals surface area contributed by atoms with E-state index in [0.717, 1.165) is 35.8 Å². The monoisotopic (exact) mass is 231 g/mol. The van der Waals surface area contributed by atoms with E-state index < -0.39 is 0 Å². The normalized spacial score (nSPS) is 14.8. The van der Waals surface area contributed by atoms with Crippen molar-refractivity contribution in [3.8, 4) is 11.3 Å². The largest absolute Gasteiger partial charge is 0.390 e. The predicted octanol–water partition coefficient (Wildman–Crippen LogP) is 2.04. The second kappa shape index (κ2) is 3.88. The number of hydrogen-bond acceptors (Lipinski definition) is 4. The zero-order valence-electron chi connectivity index (χ0n) is 8.86. The molecular formula is C12H13N3S. The Morgan fingerprint density at radius 2 is 2.31 bits per heavy atom. The molecule has 3 N–H and O–H groups in total. The molecule has 0 saturated heterocycles. The minimum atomic E-state index is 0.896. The molecule has 3 nitrogen and oxygen atoms in total. The summed E-state index contributed by atoms with van der Waals surface area (Å²) in [7, 11) is 0. The Labute approximate surface area is 98.3 Å². The van der Waals surface area contributed by atoms with Gasteiger partial charge in [0.25, 0.3) is 0 Å². The van der Waals surface area contributed by atoms with Crippen LogP contribution < -0.4 is 11.1 Å². The molecule has 3 rings (SSSR count). The van der Waals surface area contributed by atoms with Crippen molar-refractivity contribution in [1.29, 1.82) is 0 Å². The molecule has 0 radical (unpaired) electrons.